The summed E-state index contributed by atoms with van der Waals surface area (Å²) in [5.74, 6) is -1.55. The van der Waals surface area contributed by atoms with Gasteiger partial charge in [-0.1, -0.05) is 6.07 Å². The number of carboxylic acids is 1. The molecule has 0 unspecified atom stereocenters. The number of hydrogen-bond donors (Lipinski definition) is 4. The van der Waals surface area contributed by atoms with E-state index in [4.69, 9.17) is 15.9 Å². The number of rotatable bonds is 2. The van der Waals surface area contributed by atoms with Gasteiger partial charge in [-0.05, 0) is 35.9 Å². The van der Waals surface area contributed by atoms with Crippen LogP contribution in [0.1, 0.15) is 15.9 Å². The molecule has 1 aliphatic carbocycles. The van der Waals surface area contributed by atoms with Crippen LogP contribution in [0.25, 0.3) is 5.57 Å². The van der Waals surface area contributed by atoms with Crippen LogP contribution in [0.2, 0.25) is 0 Å². The maximum absolute atomic E-state index is 10.9. The van der Waals surface area contributed by atoms with Crippen LogP contribution >= 0.6 is 0 Å². The Morgan fingerprint density at radius 1 is 1.17 bits per heavy atom. The van der Waals surface area contributed by atoms with Crippen LogP contribution in [0, 0.1) is 10.8 Å². The van der Waals surface area contributed by atoms with Crippen molar-refractivity contribution >= 4 is 23.0 Å². The maximum atomic E-state index is 10.9. The molecule has 1 aromatic carbocycles. The first-order chi connectivity index (χ1) is 8.49. The molecular weight excluding hydrogens is 232 g/mol. The van der Waals surface area contributed by atoms with Gasteiger partial charge in [0.1, 0.15) is 11.3 Å². The van der Waals surface area contributed by atoms with Gasteiger partial charge >= 0.3 is 5.97 Å². The summed E-state index contributed by atoms with van der Waals surface area (Å²) in [5.41, 5.74) is 1.18. The molecule has 4 N–H and O–H groups in total. The minimum Gasteiger partial charge on any atom is -0.507 e. The van der Waals surface area contributed by atoms with Gasteiger partial charge in [0.15, 0.2) is 0 Å². The van der Waals surface area contributed by atoms with Crippen LogP contribution in [0.5, 0.6) is 5.75 Å². The second-order valence-electron chi connectivity index (χ2n) is 3.80. The van der Waals surface area contributed by atoms with Gasteiger partial charge in [0.05, 0.1) is 11.4 Å². The van der Waals surface area contributed by atoms with Crippen molar-refractivity contribution in [3.8, 4) is 5.75 Å². The van der Waals surface area contributed by atoms with Crippen LogP contribution in [-0.4, -0.2) is 27.6 Å². The highest BCUT2D eigenvalue weighted by Gasteiger charge is 2.15. The summed E-state index contributed by atoms with van der Waals surface area (Å²) in [6.45, 7) is 0. The molecule has 0 aromatic heterocycles. The second-order valence-corrected chi connectivity index (χ2v) is 3.80. The number of phenols is 1. The average Bonchev–Trinajstić information content (AvgIpc) is 2.33. The van der Waals surface area contributed by atoms with Gasteiger partial charge < -0.3 is 21.0 Å². The number of carbonyl (C=O) groups is 1. The normalized spacial score (nSPS) is 14.6. The van der Waals surface area contributed by atoms with Crippen LogP contribution < -0.4 is 0 Å². The van der Waals surface area contributed by atoms with Crippen molar-refractivity contribution in [1.82, 2.24) is 0 Å². The van der Waals surface area contributed by atoms with Crippen LogP contribution in [0.3, 0.4) is 0 Å². The predicted octanol–water partition coefficient (Wildman–Crippen LogP) is 2.08. The van der Waals surface area contributed by atoms with Crippen molar-refractivity contribution in [3.05, 3.63) is 47.6 Å². The smallest absolute Gasteiger partial charge is 0.339 e. The summed E-state index contributed by atoms with van der Waals surface area (Å²) in [7, 11) is 0. The number of benzene rings is 1. The van der Waals surface area contributed by atoms with E-state index in [9.17, 15) is 9.90 Å². The zero-order chi connectivity index (χ0) is 13.3. The van der Waals surface area contributed by atoms with Crippen molar-refractivity contribution in [3.63, 3.8) is 0 Å². The van der Waals surface area contributed by atoms with E-state index in [1.807, 2.05) is 0 Å². The molecule has 2 rings (SSSR count). The number of aromatic carboxylic acids is 1. The number of allylic oxidation sites excluding steroid dienone is 4. The van der Waals surface area contributed by atoms with E-state index in [0.29, 0.717) is 11.1 Å². The lowest BCUT2D eigenvalue weighted by molar-refractivity contribution is 0.0693. The molecule has 0 spiro atoms. The van der Waals surface area contributed by atoms with E-state index in [-0.39, 0.29) is 22.7 Å². The summed E-state index contributed by atoms with van der Waals surface area (Å²) in [6, 6.07) is 4.09. The summed E-state index contributed by atoms with van der Waals surface area (Å²) >= 11 is 0. The molecule has 1 aliphatic rings. The minimum atomic E-state index is -1.23. The third-order valence-corrected chi connectivity index (χ3v) is 2.56. The zero-order valence-corrected chi connectivity index (χ0v) is 9.27. The average molecular weight is 242 g/mol. The monoisotopic (exact) mass is 242 g/mol. The molecule has 0 atom stereocenters. The Balaban J connectivity index is 2.53. The Bertz CT molecular complexity index is 627. The van der Waals surface area contributed by atoms with E-state index in [2.05, 4.69) is 0 Å². The fraction of sp³-hybridized carbons (Fsp3) is 0. The molecule has 0 bridgehead atoms. The topological polar surface area (TPSA) is 105 Å². The van der Waals surface area contributed by atoms with Crippen molar-refractivity contribution < 1.29 is 15.0 Å². The molecule has 0 radical (unpaired) electrons. The molecule has 18 heavy (non-hydrogen) atoms. The Hall–Kier alpha value is -2.69. The molecule has 0 saturated heterocycles. The van der Waals surface area contributed by atoms with E-state index in [0.717, 1.165) is 0 Å². The van der Waals surface area contributed by atoms with Gasteiger partial charge in [-0.15, -0.1) is 0 Å². The lowest BCUT2D eigenvalue weighted by Gasteiger charge is -2.11. The molecule has 0 heterocycles. The SMILES string of the molecule is N=C1C=CC(=N)C(c2ccc(O)c(C(=O)O)c2)=C1. The minimum absolute atomic E-state index is 0.202. The van der Waals surface area contributed by atoms with Gasteiger partial charge in [0.2, 0.25) is 0 Å². The van der Waals surface area contributed by atoms with Gasteiger partial charge in [0.25, 0.3) is 0 Å². The molecule has 5 heteroatoms. The van der Waals surface area contributed by atoms with E-state index >= 15 is 0 Å². The maximum Gasteiger partial charge on any atom is 0.339 e. The largest absolute Gasteiger partial charge is 0.507 e. The molecule has 0 fully saturated rings. The molecule has 90 valence electrons. The first-order valence-electron chi connectivity index (χ1n) is 5.13. The summed E-state index contributed by atoms with van der Waals surface area (Å²) in [6.07, 6.45) is 4.45. The number of aromatic hydroxyl groups is 1. The Morgan fingerprint density at radius 3 is 2.56 bits per heavy atom. The Morgan fingerprint density at radius 2 is 1.89 bits per heavy atom. The van der Waals surface area contributed by atoms with Gasteiger partial charge in [-0.2, -0.15) is 0 Å². The molecular formula is C13H10N2O3. The number of carboxylic acid groups (broad SMARTS) is 1. The summed E-state index contributed by atoms with van der Waals surface area (Å²) in [5, 5.41) is 33.6. The summed E-state index contributed by atoms with van der Waals surface area (Å²) in [4.78, 5) is 10.9. The van der Waals surface area contributed by atoms with E-state index in [1.54, 1.807) is 0 Å². The van der Waals surface area contributed by atoms with Gasteiger partial charge in [-0.3, -0.25) is 0 Å². The first-order valence-corrected chi connectivity index (χ1v) is 5.13. The van der Waals surface area contributed by atoms with Crippen molar-refractivity contribution in [2.75, 3.05) is 0 Å². The number of hydrogen-bond acceptors (Lipinski definition) is 4. The lowest BCUT2D eigenvalue weighted by Crippen LogP contribution is -2.06. The van der Waals surface area contributed by atoms with E-state index in [1.165, 1.54) is 36.4 Å². The third-order valence-electron chi connectivity index (χ3n) is 2.56. The lowest BCUT2D eigenvalue weighted by atomic mass is 9.94. The van der Waals surface area contributed by atoms with Crippen molar-refractivity contribution in [2.45, 2.75) is 0 Å². The third kappa shape index (κ3) is 2.06. The van der Waals surface area contributed by atoms with Crippen LogP contribution in [0.4, 0.5) is 0 Å². The predicted molar refractivity (Wildman–Crippen MR) is 67.6 cm³/mol. The van der Waals surface area contributed by atoms with Gasteiger partial charge in [0, 0.05) is 5.57 Å². The zero-order valence-electron chi connectivity index (χ0n) is 9.27. The quantitative estimate of drug-likeness (QED) is 0.596. The van der Waals surface area contributed by atoms with Crippen molar-refractivity contribution in [1.29, 1.82) is 10.8 Å². The highest BCUT2D eigenvalue weighted by molar-refractivity contribution is 6.35. The van der Waals surface area contributed by atoms with Crippen LogP contribution in [-0.2, 0) is 0 Å². The van der Waals surface area contributed by atoms with Crippen molar-refractivity contribution in [2.24, 2.45) is 0 Å². The Labute approximate surface area is 103 Å². The standard InChI is InChI=1S/C13H10N2O3/c14-8-2-3-11(15)9(6-8)7-1-4-12(16)10(5-7)13(17)18/h1-6,14-16H,(H,17,18). The molecule has 0 saturated carbocycles. The molecule has 5 nitrogen and oxygen atoms in total. The second kappa shape index (κ2) is 4.29. The molecule has 1 aromatic rings. The number of nitrogens with one attached hydrogen (secondary N) is 2. The van der Waals surface area contributed by atoms with Crippen LogP contribution in [0.15, 0.2) is 36.4 Å². The first kappa shape index (κ1) is 11.8. The molecule has 0 aliphatic heterocycles. The highest BCUT2D eigenvalue weighted by atomic mass is 16.4. The summed E-state index contributed by atoms with van der Waals surface area (Å²) < 4.78 is 0. The van der Waals surface area contributed by atoms with E-state index < -0.39 is 5.97 Å². The highest BCUT2D eigenvalue weighted by Crippen LogP contribution is 2.25. The molecule has 0 amide bonds. The Kier molecular flexibility index (Phi) is 2.81. The fourth-order valence-electron chi connectivity index (χ4n) is 1.66. The fourth-order valence-corrected chi connectivity index (χ4v) is 1.66. The van der Waals surface area contributed by atoms with Gasteiger partial charge in [-0.25, -0.2) is 4.79 Å².